The Labute approximate surface area is 147 Å². The highest BCUT2D eigenvalue weighted by molar-refractivity contribution is 5.91. The number of nitrogens with one attached hydrogen (secondary N) is 1. The monoisotopic (exact) mass is 342 g/mol. The van der Waals surface area contributed by atoms with Crippen LogP contribution in [0, 0.1) is 11.3 Å². The first-order valence-electron chi connectivity index (χ1n) is 8.22. The molecule has 0 atom stereocenters. The molecule has 0 unspecified atom stereocenters. The van der Waals surface area contributed by atoms with Gasteiger partial charge in [-0.1, -0.05) is 13.8 Å². The van der Waals surface area contributed by atoms with E-state index >= 15 is 0 Å². The number of nitriles is 1. The zero-order valence-corrected chi connectivity index (χ0v) is 14.4. The summed E-state index contributed by atoms with van der Waals surface area (Å²) in [7, 11) is 0. The van der Waals surface area contributed by atoms with Crippen molar-refractivity contribution < 1.29 is 19.1 Å². The van der Waals surface area contributed by atoms with Crippen LogP contribution in [0.3, 0.4) is 0 Å². The minimum Gasteiger partial charge on any atom is -0.486 e. The van der Waals surface area contributed by atoms with Crippen LogP contribution >= 0.6 is 0 Å². The average Bonchev–Trinajstić information content (AvgIpc) is 3.13. The van der Waals surface area contributed by atoms with E-state index in [1.807, 2.05) is 19.9 Å². The third-order valence-corrected chi connectivity index (χ3v) is 4.14. The Bertz CT molecular complexity index is 740. The average molecular weight is 342 g/mol. The Balaban J connectivity index is 1.88. The van der Waals surface area contributed by atoms with Crippen molar-refractivity contribution in [3.63, 3.8) is 0 Å². The van der Waals surface area contributed by atoms with Crippen LogP contribution in [0.25, 0.3) is 0 Å². The molecule has 0 saturated heterocycles. The van der Waals surface area contributed by atoms with E-state index in [9.17, 15) is 9.90 Å². The van der Waals surface area contributed by atoms with E-state index in [0.717, 1.165) is 0 Å². The lowest BCUT2D eigenvalue weighted by molar-refractivity contribution is 0.0309. The van der Waals surface area contributed by atoms with Crippen LogP contribution in [-0.4, -0.2) is 23.2 Å². The third-order valence-electron chi connectivity index (χ3n) is 4.14. The largest absolute Gasteiger partial charge is 0.486 e. The molecule has 6 heteroatoms. The minimum absolute atomic E-state index is 0.174. The van der Waals surface area contributed by atoms with Crippen molar-refractivity contribution in [2.45, 2.75) is 38.9 Å². The van der Waals surface area contributed by atoms with Crippen molar-refractivity contribution in [3.05, 3.63) is 53.5 Å². The van der Waals surface area contributed by atoms with Gasteiger partial charge in [-0.3, -0.25) is 4.79 Å². The highest BCUT2D eigenvalue weighted by Crippen LogP contribution is 2.16. The van der Waals surface area contributed by atoms with Crippen LogP contribution < -0.4 is 10.1 Å². The molecule has 2 N–H and O–H groups in total. The Morgan fingerprint density at radius 2 is 1.92 bits per heavy atom. The second-order valence-corrected chi connectivity index (χ2v) is 5.80. The first-order chi connectivity index (χ1) is 12.0. The Morgan fingerprint density at radius 3 is 2.52 bits per heavy atom. The molecule has 1 aromatic carbocycles. The van der Waals surface area contributed by atoms with Gasteiger partial charge >= 0.3 is 0 Å². The molecule has 132 valence electrons. The van der Waals surface area contributed by atoms with Crippen molar-refractivity contribution in [1.29, 1.82) is 5.26 Å². The van der Waals surface area contributed by atoms with Crippen molar-refractivity contribution in [2.75, 3.05) is 6.54 Å². The first kappa shape index (κ1) is 18.6. The highest BCUT2D eigenvalue weighted by Gasteiger charge is 2.23. The lowest BCUT2D eigenvalue weighted by atomic mass is 9.97. The Hall–Kier alpha value is -2.78. The number of aliphatic hydroxyl groups is 1. The molecule has 0 aliphatic heterocycles. The summed E-state index contributed by atoms with van der Waals surface area (Å²) in [5.41, 5.74) is -0.340. The van der Waals surface area contributed by atoms with Gasteiger partial charge in [-0.15, -0.1) is 0 Å². The van der Waals surface area contributed by atoms with E-state index in [-0.39, 0.29) is 24.8 Å². The van der Waals surface area contributed by atoms with Gasteiger partial charge in [0.25, 0.3) is 5.91 Å². The molecule has 25 heavy (non-hydrogen) atoms. The molecule has 0 saturated carbocycles. The number of hydrogen-bond donors (Lipinski definition) is 2. The number of carbonyl (C=O) groups is 1. The van der Waals surface area contributed by atoms with Gasteiger partial charge in [0.15, 0.2) is 5.76 Å². The van der Waals surface area contributed by atoms with Crippen molar-refractivity contribution in [3.8, 4) is 11.8 Å². The van der Waals surface area contributed by atoms with Gasteiger partial charge in [0.05, 0.1) is 17.2 Å². The van der Waals surface area contributed by atoms with Crippen LogP contribution in [0.15, 0.2) is 40.8 Å². The third kappa shape index (κ3) is 5.10. The number of ether oxygens (including phenoxy) is 1. The van der Waals surface area contributed by atoms with Gasteiger partial charge in [-0.2, -0.15) is 5.26 Å². The molecule has 1 amide bonds. The molecule has 2 rings (SSSR count). The van der Waals surface area contributed by atoms with Crippen molar-refractivity contribution in [2.24, 2.45) is 0 Å². The fourth-order valence-corrected chi connectivity index (χ4v) is 2.19. The predicted octanol–water partition coefficient (Wildman–Crippen LogP) is 3.01. The molecule has 0 aliphatic rings. The summed E-state index contributed by atoms with van der Waals surface area (Å²) in [6.07, 6.45) is 1.12. The molecule has 0 bridgehead atoms. The number of rotatable bonds is 8. The standard InChI is InChI=1S/C19H22N2O4/c1-3-19(23,4-2)13-21-18(22)17-10-9-16(25-17)12-24-15-7-5-14(11-20)6-8-15/h5-10,23H,3-4,12-13H2,1-2H3,(H,21,22). The van der Waals surface area contributed by atoms with E-state index in [2.05, 4.69) is 5.32 Å². The van der Waals surface area contributed by atoms with E-state index < -0.39 is 5.60 Å². The summed E-state index contributed by atoms with van der Waals surface area (Å²) in [6, 6.07) is 12.0. The van der Waals surface area contributed by atoms with Crippen molar-refractivity contribution in [1.82, 2.24) is 5.32 Å². The molecule has 2 aromatic rings. The van der Waals surface area contributed by atoms with Crippen LogP contribution in [0.4, 0.5) is 0 Å². The minimum atomic E-state index is -0.899. The van der Waals surface area contributed by atoms with Gasteiger partial charge in [-0.25, -0.2) is 0 Å². The second kappa shape index (κ2) is 8.36. The van der Waals surface area contributed by atoms with E-state index in [1.54, 1.807) is 36.4 Å². The number of amides is 1. The van der Waals surface area contributed by atoms with Crippen LogP contribution in [0.2, 0.25) is 0 Å². The molecule has 0 aliphatic carbocycles. The molecule has 0 radical (unpaired) electrons. The van der Waals surface area contributed by atoms with E-state index in [4.69, 9.17) is 14.4 Å². The normalized spacial score (nSPS) is 11.0. The number of carbonyl (C=O) groups excluding carboxylic acids is 1. The number of benzene rings is 1. The summed E-state index contributed by atoms with van der Waals surface area (Å²) < 4.78 is 11.0. The Kier molecular flexibility index (Phi) is 6.20. The Morgan fingerprint density at radius 1 is 1.24 bits per heavy atom. The summed E-state index contributed by atoms with van der Waals surface area (Å²) in [5.74, 6) is 0.922. The van der Waals surface area contributed by atoms with Gasteiger partial charge in [0.2, 0.25) is 0 Å². The summed E-state index contributed by atoms with van der Waals surface area (Å²) >= 11 is 0. The second-order valence-electron chi connectivity index (χ2n) is 5.80. The van der Waals surface area contributed by atoms with Crippen LogP contribution in [0.1, 0.15) is 48.6 Å². The maximum absolute atomic E-state index is 12.1. The smallest absolute Gasteiger partial charge is 0.287 e. The summed E-state index contributed by atoms with van der Waals surface area (Å²) in [6.45, 7) is 4.10. The molecule has 1 heterocycles. The van der Waals surface area contributed by atoms with Crippen LogP contribution in [-0.2, 0) is 6.61 Å². The maximum atomic E-state index is 12.1. The topological polar surface area (TPSA) is 95.5 Å². The number of furan rings is 1. The number of nitrogens with zero attached hydrogens (tertiary/aromatic N) is 1. The van der Waals surface area contributed by atoms with Gasteiger partial charge in [0.1, 0.15) is 18.1 Å². The molecule has 6 nitrogen and oxygen atoms in total. The zero-order valence-electron chi connectivity index (χ0n) is 14.4. The number of hydrogen-bond acceptors (Lipinski definition) is 5. The first-order valence-corrected chi connectivity index (χ1v) is 8.22. The van der Waals surface area contributed by atoms with Gasteiger partial charge in [0, 0.05) is 6.54 Å². The van der Waals surface area contributed by atoms with Gasteiger partial charge < -0.3 is 19.6 Å². The summed E-state index contributed by atoms with van der Waals surface area (Å²) in [4.78, 5) is 12.1. The quantitative estimate of drug-likeness (QED) is 0.769. The maximum Gasteiger partial charge on any atom is 0.287 e. The lowest BCUT2D eigenvalue weighted by Crippen LogP contribution is -2.41. The molecule has 0 fully saturated rings. The van der Waals surface area contributed by atoms with Crippen LogP contribution in [0.5, 0.6) is 5.75 Å². The molecular formula is C19H22N2O4. The lowest BCUT2D eigenvalue weighted by Gasteiger charge is -2.24. The predicted molar refractivity (Wildman–Crippen MR) is 92.1 cm³/mol. The highest BCUT2D eigenvalue weighted by atomic mass is 16.5. The SMILES string of the molecule is CCC(O)(CC)CNC(=O)c1ccc(COc2ccc(C#N)cc2)o1. The van der Waals surface area contributed by atoms with E-state index in [0.29, 0.717) is 29.9 Å². The molecular weight excluding hydrogens is 320 g/mol. The molecule has 0 spiro atoms. The van der Waals surface area contributed by atoms with Crippen molar-refractivity contribution >= 4 is 5.91 Å². The fraction of sp³-hybridized carbons (Fsp3) is 0.368. The van der Waals surface area contributed by atoms with E-state index in [1.165, 1.54) is 0 Å². The van der Waals surface area contributed by atoms with Gasteiger partial charge in [-0.05, 0) is 49.2 Å². The fourth-order valence-electron chi connectivity index (χ4n) is 2.19. The summed E-state index contributed by atoms with van der Waals surface area (Å²) in [5, 5.41) is 21.6. The molecule has 1 aromatic heterocycles. The zero-order chi connectivity index (χ0) is 18.3.